The lowest BCUT2D eigenvalue weighted by atomic mass is 9.60. The first-order valence-corrected chi connectivity index (χ1v) is 14.8. The molecule has 0 spiro atoms. The van der Waals surface area contributed by atoms with Crippen LogP contribution in [0.4, 0.5) is 17.6 Å². The number of halogens is 4. The number of pyridine rings is 1. The highest BCUT2D eigenvalue weighted by molar-refractivity contribution is 7.97. The molecule has 0 amide bonds. The van der Waals surface area contributed by atoms with Crippen molar-refractivity contribution in [2.45, 2.75) is 61.8 Å². The summed E-state index contributed by atoms with van der Waals surface area (Å²) in [4.78, 5) is 20.0. The molecule has 0 aliphatic heterocycles. The lowest BCUT2D eigenvalue weighted by molar-refractivity contribution is -0.137. The first-order chi connectivity index (χ1) is 20.6. The fourth-order valence-electron chi connectivity index (χ4n) is 6.28. The number of carbonyl (C=O) groups excluding carboxylic acids is 1. The Balaban J connectivity index is 1.28. The van der Waals surface area contributed by atoms with E-state index in [2.05, 4.69) is 24.6 Å². The van der Waals surface area contributed by atoms with Gasteiger partial charge >= 0.3 is 6.18 Å². The molecule has 43 heavy (non-hydrogen) atoms. The molecular formula is C30H27F4N7OS. The molecule has 3 aromatic heterocycles. The second-order valence-electron chi connectivity index (χ2n) is 11.4. The Morgan fingerprint density at radius 2 is 1.81 bits per heavy atom. The number of alkyl halides is 3. The van der Waals surface area contributed by atoms with Gasteiger partial charge in [-0.3, -0.25) is 9.78 Å². The number of rotatable bonds is 7. The highest BCUT2D eigenvalue weighted by Gasteiger charge is 2.52. The van der Waals surface area contributed by atoms with E-state index in [0.717, 1.165) is 53.4 Å². The van der Waals surface area contributed by atoms with Gasteiger partial charge in [0.05, 0.1) is 34.8 Å². The lowest BCUT2D eigenvalue weighted by Gasteiger charge is -2.46. The van der Waals surface area contributed by atoms with E-state index in [4.69, 9.17) is 0 Å². The van der Waals surface area contributed by atoms with Gasteiger partial charge in [0.1, 0.15) is 11.5 Å². The van der Waals surface area contributed by atoms with Crippen LogP contribution in [0, 0.1) is 11.2 Å². The number of nitrogens with zero attached hydrogens (tertiary/aromatic N) is 7. The summed E-state index contributed by atoms with van der Waals surface area (Å²) < 4.78 is 57.6. The van der Waals surface area contributed by atoms with Crippen molar-refractivity contribution in [1.29, 1.82) is 0 Å². The maximum atomic E-state index is 14.5. The summed E-state index contributed by atoms with van der Waals surface area (Å²) in [5, 5.41) is 14.0. The van der Waals surface area contributed by atoms with Gasteiger partial charge in [-0.2, -0.15) is 28.2 Å². The number of ketones is 1. The molecule has 2 fully saturated rings. The maximum absolute atomic E-state index is 14.5. The number of Topliss-reactive ketones (excluding diaryl/α,β-unsaturated/α-hetero) is 1. The van der Waals surface area contributed by atoms with Crippen molar-refractivity contribution >= 4 is 23.8 Å². The second-order valence-corrected chi connectivity index (χ2v) is 12.4. The smallest absolute Gasteiger partial charge is 0.291 e. The number of fused-ring (bicyclic) bond motifs is 2. The van der Waals surface area contributed by atoms with E-state index in [-0.39, 0.29) is 23.3 Å². The summed E-state index contributed by atoms with van der Waals surface area (Å²) in [6.45, 7) is 0. The van der Waals surface area contributed by atoms with Crippen LogP contribution in [-0.4, -0.2) is 51.9 Å². The molecule has 3 aliphatic rings. The van der Waals surface area contributed by atoms with Crippen LogP contribution in [0.25, 0.3) is 11.8 Å². The molecule has 2 saturated carbocycles. The van der Waals surface area contributed by atoms with E-state index in [1.54, 1.807) is 48.2 Å². The van der Waals surface area contributed by atoms with Crippen molar-refractivity contribution in [1.82, 2.24) is 34.1 Å². The van der Waals surface area contributed by atoms with E-state index in [1.807, 2.05) is 6.08 Å². The van der Waals surface area contributed by atoms with Gasteiger partial charge < -0.3 is 0 Å². The molecule has 2 unspecified atom stereocenters. The zero-order chi connectivity index (χ0) is 29.9. The molecule has 4 aromatic rings. The summed E-state index contributed by atoms with van der Waals surface area (Å²) in [5.74, 6) is -0.646. The van der Waals surface area contributed by atoms with Crippen LogP contribution >= 0.6 is 11.9 Å². The van der Waals surface area contributed by atoms with Crippen molar-refractivity contribution in [3.05, 3.63) is 88.9 Å². The number of hydrogen-bond acceptors (Lipinski definition) is 7. The summed E-state index contributed by atoms with van der Waals surface area (Å²) in [6, 6.07) is 8.50. The Morgan fingerprint density at radius 1 is 1.02 bits per heavy atom. The minimum absolute atomic E-state index is 0.00785. The number of aromatic nitrogens is 6. The van der Waals surface area contributed by atoms with Crippen molar-refractivity contribution in [3.8, 4) is 5.69 Å². The topological polar surface area (TPSA) is 81.7 Å². The van der Waals surface area contributed by atoms with E-state index in [1.165, 1.54) is 23.0 Å². The van der Waals surface area contributed by atoms with Crippen LogP contribution in [0.5, 0.6) is 0 Å². The third kappa shape index (κ3) is 5.18. The maximum Gasteiger partial charge on any atom is 0.417 e. The fraction of sp³-hybridized carbons (Fsp3) is 0.367. The Morgan fingerprint density at radius 3 is 2.47 bits per heavy atom. The predicted molar refractivity (Wildman–Crippen MR) is 151 cm³/mol. The van der Waals surface area contributed by atoms with Crippen LogP contribution < -0.4 is 0 Å². The number of benzene rings is 1. The van der Waals surface area contributed by atoms with Crippen LogP contribution in [0.2, 0.25) is 0 Å². The quantitative estimate of drug-likeness (QED) is 0.143. The molecule has 0 N–H and O–H groups in total. The van der Waals surface area contributed by atoms with Gasteiger partial charge in [0.25, 0.3) is 0 Å². The number of hydrogen-bond donors (Lipinski definition) is 0. The number of carbonyl (C=O) groups is 1. The molecule has 222 valence electrons. The summed E-state index contributed by atoms with van der Waals surface area (Å²) in [5.41, 5.74) is 1.36. The zero-order valence-electron chi connectivity index (χ0n) is 23.1. The van der Waals surface area contributed by atoms with E-state index >= 15 is 0 Å². The standard InChI is InChI=1S/C30H27F4N7OS/c1-39-36-17-27(38-39)43-41(23-9-10-23)24-6-2-19-12-26-18(15-37-40(26)22-7-4-21(31)5-8-22)13-29(19,14-24)28(42)25-11-3-20(16-35-25)30(32,33)34/h3-5,7-8,11-12,15-17,23-24H,2,6,9-10,13-14H2,1H3. The molecule has 3 aliphatic carbocycles. The van der Waals surface area contributed by atoms with Gasteiger partial charge in [0.2, 0.25) is 0 Å². The second kappa shape index (κ2) is 10.4. The van der Waals surface area contributed by atoms with Crippen molar-refractivity contribution < 1.29 is 22.4 Å². The third-order valence-corrected chi connectivity index (χ3v) is 9.69. The van der Waals surface area contributed by atoms with Gasteiger partial charge in [-0.15, -0.1) is 5.10 Å². The van der Waals surface area contributed by atoms with Crippen LogP contribution in [0.3, 0.4) is 0 Å². The molecule has 0 saturated heterocycles. The van der Waals surface area contributed by atoms with Gasteiger partial charge in [-0.25, -0.2) is 13.4 Å². The van der Waals surface area contributed by atoms with Gasteiger partial charge in [-0.1, -0.05) is 5.57 Å². The molecule has 0 bridgehead atoms. The number of allylic oxidation sites excluding steroid dienone is 1. The largest absolute Gasteiger partial charge is 0.417 e. The minimum Gasteiger partial charge on any atom is -0.291 e. The monoisotopic (exact) mass is 609 g/mol. The normalized spacial score (nSPS) is 21.8. The average molecular weight is 610 g/mol. The van der Waals surface area contributed by atoms with E-state index in [0.29, 0.717) is 31.0 Å². The van der Waals surface area contributed by atoms with Gasteiger partial charge in [-0.05, 0) is 98.5 Å². The van der Waals surface area contributed by atoms with Crippen LogP contribution in [0.1, 0.15) is 59.4 Å². The predicted octanol–water partition coefficient (Wildman–Crippen LogP) is 6.09. The summed E-state index contributed by atoms with van der Waals surface area (Å²) >= 11 is 1.55. The zero-order valence-corrected chi connectivity index (χ0v) is 23.9. The highest BCUT2D eigenvalue weighted by Crippen LogP contribution is 2.53. The van der Waals surface area contributed by atoms with Crippen molar-refractivity contribution in [3.63, 3.8) is 0 Å². The Hall–Kier alpha value is -3.84. The molecule has 7 rings (SSSR count). The summed E-state index contributed by atoms with van der Waals surface area (Å²) in [6.07, 6.45) is 5.93. The van der Waals surface area contributed by atoms with E-state index in [9.17, 15) is 22.4 Å². The molecule has 2 atom stereocenters. The molecule has 8 nitrogen and oxygen atoms in total. The van der Waals surface area contributed by atoms with Crippen molar-refractivity contribution in [2.75, 3.05) is 0 Å². The third-order valence-electron chi connectivity index (χ3n) is 8.51. The number of aryl methyl sites for hydroxylation is 1. The molecule has 0 radical (unpaired) electrons. The molecular weight excluding hydrogens is 582 g/mol. The van der Waals surface area contributed by atoms with Gasteiger partial charge in [0, 0.05) is 25.3 Å². The molecule has 3 heterocycles. The highest BCUT2D eigenvalue weighted by atomic mass is 32.2. The molecule has 13 heteroatoms. The SMILES string of the molecule is Cn1ncc(SN(C2CC2)C2CCC3=Cc4c(cnn4-c4ccc(F)cc4)CC3(C(=O)c3ccc(C(F)(F)F)cn3)C2)n1. The first kappa shape index (κ1) is 28.0. The van der Waals surface area contributed by atoms with Crippen LogP contribution in [-0.2, 0) is 19.6 Å². The van der Waals surface area contributed by atoms with Crippen LogP contribution in [0.15, 0.2) is 65.6 Å². The Kier molecular flexibility index (Phi) is 6.77. The van der Waals surface area contributed by atoms with Crippen molar-refractivity contribution in [2.24, 2.45) is 12.5 Å². The van der Waals surface area contributed by atoms with E-state index < -0.39 is 17.2 Å². The van der Waals surface area contributed by atoms with Gasteiger partial charge in [0.15, 0.2) is 10.8 Å². The average Bonchev–Trinajstić information content (AvgIpc) is 3.63. The lowest BCUT2D eigenvalue weighted by Crippen LogP contribution is -2.48. The fourth-order valence-corrected chi connectivity index (χ4v) is 7.44. The first-order valence-electron chi connectivity index (χ1n) is 14.1. The Labute approximate surface area is 248 Å². The summed E-state index contributed by atoms with van der Waals surface area (Å²) in [7, 11) is 1.76. The minimum atomic E-state index is -4.55. The molecule has 1 aromatic carbocycles. The Bertz CT molecular complexity index is 1710.